The lowest BCUT2D eigenvalue weighted by atomic mass is 9.99. The smallest absolute Gasteiger partial charge is 0.0357 e. The summed E-state index contributed by atoms with van der Waals surface area (Å²) in [5, 5.41) is 3.58. The molecule has 1 rings (SSSR count). The highest BCUT2D eigenvalue weighted by molar-refractivity contribution is 9.10. The molecule has 17 heavy (non-hydrogen) atoms. The fourth-order valence-corrected chi connectivity index (χ4v) is 2.20. The van der Waals surface area contributed by atoms with Gasteiger partial charge in [-0.25, -0.2) is 0 Å². The number of benzene rings is 1. The molecule has 1 unspecified atom stereocenters. The Kier molecular flexibility index (Phi) is 5.93. The van der Waals surface area contributed by atoms with Crippen molar-refractivity contribution in [2.24, 2.45) is 0 Å². The van der Waals surface area contributed by atoms with Gasteiger partial charge in [-0.2, -0.15) is 0 Å². The van der Waals surface area contributed by atoms with Gasteiger partial charge >= 0.3 is 0 Å². The molecule has 1 atom stereocenters. The van der Waals surface area contributed by atoms with Crippen molar-refractivity contribution in [3.8, 4) is 0 Å². The van der Waals surface area contributed by atoms with E-state index < -0.39 is 0 Å². The molecular weight excluding hydrogens is 274 g/mol. The molecular formula is C15H22BrN. The summed E-state index contributed by atoms with van der Waals surface area (Å²) in [5.74, 6) is 0. The molecule has 1 aromatic rings. The lowest BCUT2D eigenvalue weighted by molar-refractivity contribution is 0.528. The van der Waals surface area contributed by atoms with Crippen molar-refractivity contribution in [2.75, 3.05) is 6.54 Å². The zero-order valence-electron chi connectivity index (χ0n) is 11.0. The number of aryl methyl sites for hydroxylation is 1. The van der Waals surface area contributed by atoms with Crippen LogP contribution in [0.4, 0.5) is 0 Å². The number of rotatable bonds is 6. The third kappa shape index (κ3) is 4.64. The lowest BCUT2D eigenvalue weighted by Gasteiger charge is -2.20. The fourth-order valence-electron chi connectivity index (χ4n) is 1.80. The number of halogens is 1. The number of hydrogen-bond acceptors (Lipinski definition) is 1. The van der Waals surface area contributed by atoms with Gasteiger partial charge in [0.2, 0.25) is 0 Å². The molecule has 0 heterocycles. The van der Waals surface area contributed by atoms with E-state index in [2.05, 4.69) is 66.8 Å². The predicted molar refractivity (Wildman–Crippen MR) is 79.3 cm³/mol. The summed E-state index contributed by atoms with van der Waals surface area (Å²) in [7, 11) is 0. The van der Waals surface area contributed by atoms with E-state index in [1.165, 1.54) is 21.2 Å². The molecule has 0 fully saturated rings. The van der Waals surface area contributed by atoms with Gasteiger partial charge in [0.05, 0.1) is 0 Å². The molecule has 0 aliphatic carbocycles. The van der Waals surface area contributed by atoms with Crippen LogP contribution in [0.15, 0.2) is 34.8 Å². The zero-order chi connectivity index (χ0) is 12.8. The summed E-state index contributed by atoms with van der Waals surface area (Å²) in [6, 6.07) is 6.96. The van der Waals surface area contributed by atoms with E-state index in [-0.39, 0.29) is 0 Å². The van der Waals surface area contributed by atoms with Crippen molar-refractivity contribution in [3.05, 3.63) is 46.0 Å². The van der Waals surface area contributed by atoms with Crippen molar-refractivity contribution in [3.63, 3.8) is 0 Å². The van der Waals surface area contributed by atoms with Gasteiger partial charge < -0.3 is 5.32 Å². The minimum atomic E-state index is 0.379. The van der Waals surface area contributed by atoms with Gasteiger partial charge in [0.1, 0.15) is 0 Å². The van der Waals surface area contributed by atoms with E-state index >= 15 is 0 Å². The summed E-state index contributed by atoms with van der Waals surface area (Å²) >= 11 is 3.60. The Morgan fingerprint density at radius 1 is 1.47 bits per heavy atom. The molecule has 2 heteroatoms. The molecule has 0 saturated carbocycles. The van der Waals surface area contributed by atoms with Crippen molar-refractivity contribution in [1.82, 2.24) is 5.32 Å². The molecule has 0 spiro atoms. The fraction of sp³-hybridized carbons (Fsp3) is 0.467. The Morgan fingerprint density at radius 3 is 2.71 bits per heavy atom. The third-order valence-corrected chi connectivity index (χ3v) is 3.65. The Hall–Kier alpha value is -0.600. The van der Waals surface area contributed by atoms with Gasteiger partial charge in [0, 0.05) is 10.5 Å². The maximum absolute atomic E-state index is 4.02. The maximum Gasteiger partial charge on any atom is 0.0357 e. The van der Waals surface area contributed by atoms with Gasteiger partial charge in [0.25, 0.3) is 0 Å². The highest BCUT2D eigenvalue weighted by Gasteiger charge is 2.11. The van der Waals surface area contributed by atoms with Crippen LogP contribution in [0, 0.1) is 6.92 Å². The molecule has 0 bridgehead atoms. The molecule has 0 aromatic heterocycles. The van der Waals surface area contributed by atoms with Gasteiger partial charge in [-0.1, -0.05) is 40.6 Å². The quantitative estimate of drug-likeness (QED) is 0.746. The first-order chi connectivity index (χ1) is 8.04. The van der Waals surface area contributed by atoms with Crippen molar-refractivity contribution in [2.45, 2.75) is 39.7 Å². The van der Waals surface area contributed by atoms with E-state index in [9.17, 15) is 0 Å². The first-order valence-corrected chi connectivity index (χ1v) is 6.97. The van der Waals surface area contributed by atoms with Crippen LogP contribution in [0.25, 0.3) is 0 Å². The number of hydrogen-bond donors (Lipinski definition) is 1. The minimum Gasteiger partial charge on any atom is -0.310 e. The Morgan fingerprint density at radius 2 is 2.18 bits per heavy atom. The normalized spacial score (nSPS) is 12.5. The SMILES string of the molecule is C=C(C)CC(NCCC)c1ccc(C)c(Br)c1. The van der Waals surface area contributed by atoms with E-state index in [4.69, 9.17) is 0 Å². The summed E-state index contributed by atoms with van der Waals surface area (Å²) < 4.78 is 1.18. The Bertz CT molecular complexity index is 385. The Balaban J connectivity index is 2.86. The van der Waals surface area contributed by atoms with E-state index in [0.29, 0.717) is 6.04 Å². The molecule has 0 amide bonds. The Labute approximate surface area is 113 Å². The highest BCUT2D eigenvalue weighted by atomic mass is 79.9. The molecule has 0 saturated heterocycles. The highest BCUT2D eigenvalue weighted by Crippen LogP contribution is 2.25. The summed E-state index contributed by atoms with van der Waals surface area (Å²) in [5.41, 5.74) is 3.83. The van der Waals surface area contributed by atoms with Crippen molar-refractivity contribution in [1.29, 1.82) is 0 Å². The van der Waals surface area contributed by atoms with Crippen molar-refractivity contribution >= 4 is 15.9 Å². The van der Waals surface area contributed by atoms with Gasteiger partial charge in [-0.15, -0.1) is 6.58 Å². The van der Waals surface area contributed by atoms with Crippen LogP contribution in [0.5, 0.6) is 0 Å². The van der Waals surface area contributed by atoms with Crippen LogP contribution in [-0.2, 0) is 0 Å². The predicted octanol–water partition coefficient (Wildman–Crippen LogP) is 4.76. The first-order valence-electron chi connectivity index (χ1n) is 6.18. The second-order valence-corrected chi connectivity index (χ2v) is 5.53. The summed E-state index contributed by atoms with van der Waals surface area (Å²) in [4.78, 5) is 0. The van der Waals surface area contributed by atoms with Crippen LogP contribution in [-0.4, -0.2) is 6.54 Å². The van der Waals surface area contributed by atoms with E-state index in [1.807, 2.05) is 0 Å². The van der Waals surface area contributed by atoms with E-state index in [0.717, 1.165) is 19.4 Å². The first kappa shape index (κ1) is 14.5. The van der Waals surface area contributed by atoms with Gasteiger partial charge in [-0.05, 0) is 50.4 Å². The lowest BCUT2D eigenvalue weighted by Crippen LogP contribution is -2.22. The standard InChI is InChI=1S/C15H22BrN/c1-5-8-17-15(9-11(2)3)13-7-6-12(4)14(16)10-13/h6-7,10,15,17H,2,5,8-9H2,1,3-4H3. The molecule has 0 aliphatic heterocycles. The third-order valence-electron chi connectivity index (χ3n) is 2.79. The average Bonchev–Trinajstić information content (AvgIpc) is 2.27. The zero-order valence-corrected chi connectivity index (χ0v) is 12.6. The molecule has 0 aliphatic rings. The van der Waals surface area contributed by atoms with Gasteiger partial charge in [0.15, 0.2) is 0 Å². The van der Waals surface area contributed by atoms with Gasteiger partial charge in [-0.3, -0.25) is 0 Å². The van der Waals surface area contributed by atoms with Crippen LogP contribution >= 0.6 is 15.9 Å². The second kappa shape index (κ2) is 6.97. The molecule has 0 radical (unpaired) electrons. The molecule has 94 valence electrons. The van der Waals surface area contributed by atoms with Crippen LogP contribution in [0.2, 0.25) is 0 Å². The monoisotopic (exact) mass is 295 g/mol. The average molecular weight is 296 g/mol. The molecule has 1 N–H and O–H groups in total. The van der Waals surface area contributed by atoms with Crippen molar-refractivity contribution < 1.29 is 0 Å². The van der Waals surface area contributed by atoms with Crippen LogP contribution < -0.4 is 5.32 Å². The largest absolute Gasteiger partial charge is 0.310 e. The topological polar surface area (TPSA) is 12.0 Å². The second-order valence-electron chi connectivity index (χ2n) is 4.68. The van der Waals surface area contributed by atoms with E-state index in [1.54, 1.807) is 0 Å². The minimum absolute atomic E-state index is 0.379. The van der Waals surface area contributed by atoms with Crippen LogP contribution in [0.1, 0.15) is 43.9 Å². The van der Waals surface area contributed by atoms with Crippen LogP contribution in [0.3, 0.4) is 0 Å². The molecule has 1 aromatic carbocycles. The summed E-state index contributed by atoms with van der Waals surface area (Å²) in [6.07, 6.45) is 2.15. The maximum atomic E-state index is 4.02. The summed E-state index contributed by atoms with van der Waals surface area (Å²) in [6.45, 7) is 11.5. The number of nitrogens with one attached hydrogen (secondary N) is 1. The molecule has 1 nitrogen and oxygen atoms in total.